The van der Waals surface area contributed by atoms with Crippen molar-refractivity contribution in [2.24, 2.45) is 5.41 Å². The molecule has 0 saturated heterocycles. The maximum absolute atomic E-state index is 12.2. The number of hydrogen-bond acceptors (Lipinski definition) is 4. The molecule has 0 radical (unpaired) electrons. The summed E-state index contributed by atoms with van der Waals surface area (Å²) < 4.78 is 22.6. The highest BCUT2D eigenvalue weighted by atomic mass is 31.2. The first-order chi connectivity index (χ1) is 7.10. The first-order valence-corrected chi connectivity index (χ1v) is 7.07. The number of hydrogen-bond donors (Lipinski definition) is 0. The molecule has 0 amide bonds. The summed E-state index contributed by atoms with van der Waals surface area (Å²) in [5, 5.41) is 8.68. The lowest BCUT2D eigenvalue weighted by atomic mass is 10.1. The van der Waals surface area contributed by atoms with Gasteiger partial charge in [0.15, 0.2) is 0 Å². The summed E-state index contributed by atoms with van der Waals surface area (Å²) in [5.74, 6) is 0. The van der Waals surface area contributed by atoms with E-state index in [2.05, 4.69) is 6.07 Å². The van der Waals surface area contributed by atoms with Crippen molar-refractivity contribution in [1.82, 2.24) is 0 Å². The second kappa shape index (κ2) is 5.12. The van der Waals surface area contributed by atoms with E-state index >= 15 is 0 Å². The van der Waals surface area contributed by atoms with E-state index < -0.39 is 7.60 Å². The summed E-state index contributed by atoms with van der Waals surface area (Å²) in [4.78, 5) is 0. The second-order valence-corrected chi connectivity index (χ2v) is 5.99. The van der Waals surface area contributed by atoms with E-state index in [1.54, 1.807) is 13.8 Å². The molecule has 0 aromatic carbocycles. The minimum Gasteiger partial charge on any atom is -0.309 e. The van der Waals surface area contributed by atoms with Gasteiger partial charge in [-0.2, -0.15) is 5.26 Å². The van der Waals surface area contributed by atoms with Gasteiger partial charge in [-0.25, -0.2) is 0 Å². The fraction of sp³-hybridized carbons (Fsp3) is 0.900. The van der Waals surface area contributed by atoms with E-state index in [9.17, 15) is 4.57 Å². The molecule has 1 saturated carbocycles. The molecule has 0 atom stereocenters. The normalized spacial score (nSPS) is 18.5. The Balaban J connectivity index is 2.59. The Morgan fingerprint density at radius 1 is 1.33 bits per heavy atom. The van der Waals surface area contributed by atoms with Gasteiger partial charge in [-0.15, -0.1) is 0 Å². The van der Waals surface area contributed by atoms with Gasteiger partial charge in [0.05, 0.1) is 25.4 Å². The Bertz CT molecular complexity index is 284. The largest absolute Gasteiger partial charge is 0.331 e. The summed E-state index contributed by atoms with van der Waals surface area (Å²) in [6, 6.07) is 2.15. The molecule has 1 fully saturated rings. The van der Waals surface area contributed by atoms with E-state index in [0.29, 0.717) is 25.8 Å². The molecular weight excluding hydrogens is 213 g/mol. The van der Waals surface area contributed by atoms with E-state index in [0.717, 1.165) is 12.8 Å². The van der Waals surface area contributed by atoms with E-state index in [1.807, 2.05) is 0 Å². The molecule has 0 unspecified atom stereocenters. The monoisotopic (exact) mass is 231 g/mol. The van der Waals surface area contributed by atoms with Crippen molar-refractivity contribution in [3.63, 3.8) is 0 Å². The van der Waals surface area contributed by atoms with Crippen LogP contribution in [0.25, 0.3) is 0 Å². The quantitative estimate of drug-likeness (QED) is 0.632. The molecule has 0 bridgehead atoms. The summed E-state index contributed by atoms with van der Waals surface area (Å²) in [6.45, 7) is 4.38. The minimum atomic E-state index is -2.96. The molecule has 1 aliphatic rings. The predicted molar refractivity (Wildman–Crippen MR) is 57.6 cm³/mol. The SMILES string of the molecule is CCOP(=O)(CC1(CC#N)CC1)OCC. The van der Waals surface area contributed by atoms with Crippen LogP contribution in [-0.4, -0.2) is 19.4 Å². The van der Waals surface area contributed by atoms with Crippen molar-refractivity contribution in [3.05, 3.63) is 0 Å². The third-order valence-corrected chi connectivity index (χ3v) is 4.95. The van der Waals surface area contributed by atoms with Crippen LogP contribution in [0.2, 0.25) is 0 Å². The van der Waals surface area contributed by atoms with E-state index in [4.69, 9.17) is 14.3 Å². The van der Waals surface area contributed by atoms with Crippen molar-refractivity contribution < 1.29 is 13.6 Å². The van der Waals surface area contributed by atoms with Crippen LogP contribution >= 0.6 is 7.60 Å². The molecule has 0 spiro atoms. The summed E-state index contributed by atoms with van der Waals surface area (Å²) in [6.07, 6.45) is 2.78. The highest BCUT2D eigenvalue weighted by Gasteiger charge is 2.48. The first kappa shape index (κ1) is 12.7. The Labute approximate surface area is 91.1 Å². The number of nitriles is 1. The lowest BCUT2D eigenvalue weighted by Gasteiger charge is -2.20. The van der Waals surface area contributed by atoms with Gasteiger partial charge in [0, 0.05) is 6.42 Å². The highest BCUT2D eigenvalue weighted by molar-refractivity contribution is 7.53. The molecular formula is C10H18NO3P. The number of nitrogens with zero attached hydrogens (tertiary/aromatic N) is 1. The van der Waals surface area contributed by atoms with Crippen LogP contribution < -0.4 is 0 Å². The molecule has 1 aliphatic carbocycles. The maximum Gasteiger partial charge on any atom is 0.331 e. The number of rotatable bonds is 7. The summed E-state index contributed by atoms with van der Waals surface area (Å²) in [7, 11) is -2.96. The Morgan fingerprint density at radius 3 is 2.20 bits per heavy atom. The Hall–Kier alpha value is -0.360. The molecule has 4 nitrogen and oxygen atoms in total. The van der Waals surface area contributed by atoms with Gasteiger partial charge in [0.25, 0.3) is 0 Å². The lowest BCUT2D eigenvalue weighted by molar-refractivity contribution is 0.215. The van der Waals surface area contributed by atoms with Crippen LogP contribution in [0.5, 0.6) is 0 Å². The maximum atomic E-state index is 12.2. The van der Waals surface area contributed by atoms with Crippen LogP contribution in [0.15, 0.2) is 0 Å². The lowest BCUT2D eigenvalue weighted by Crippen LogP contribution is -2.10. The molecule has 0 heterocycles. The Morgan fingerprint density at radius 2 is 1.87 bits per heavy atom. The van der Waals surface area contributed by atoms with Crippen LogP contribution in [0.1, 0.15) is 33.1 Å². The van der Waals surface area contributed by atoms with Crippen molar-refractivity contribution in [3.8, 4) is 6.07 Å². The van der Waals surface area contributed by atoms with Gasteiger partial charge in [-0.05, 0) is 32.1 Å². The fourth-order valence-corrected chi connectivity index (χ4v) is 3.96. The average molecular weight is 231 g/mol. The van der Waals surface area contributed by atoms with Crippen molar-refractivity contribution in [1.29, 1.82) is 5.26 Å². The molecule has 0 aliphatic heterocycles. The van der Waals surface area contributed by atoms with Crippen molar-refractivity contribution in [2.45, 2.75) is 33.1 Å². The minimum absolute atomic E-state index is 0.0887. The molecule has 1 rings (SSSR count). The summed E-state index contributed by atoms with van der Waals surface area (Å²) in [5.41, 5.74) is -0.0887. The predicted octanol–water partition coefficient (Wildman–Crippen LogP) is 2.95. The van der Waals surface area contributed by atoms with Crippen LogP contribution in [0.3, 0.4) is 0 Å². The van der Waals surface area contributed by atoms with Gasteiger partial charge in [-0.1, -0.05) is 0 Å². The Kier molecular flexibility index (Phi) is 4.33. The van der Waals surface area contributed by atoms with Gasteiger partial charge < -0.3 is 9.05 Å². The van der Waals surface area contributed by atoms with Crippen molar-refractivity contribution in [2.75, 3.05) is 19.4 Å². The van der Waals surface area contributed by atoms with Crippen LogP contribution in [-0.2, 0) is 13.6 Å². The first-order valence-electron chi connectivity index (χ1n) is 5.35. The molecule has 0 N–H and O–H groups in total. The smallest absolute Gasteiger partial charge is 0.309 e. The van der Waals surface area contributed by atoms with Gasteiger partial charge >= 0.3 is 7.60 Å². The standard InChI is InChI=1S/C10H18NO3P/c1-3-13-15(12,14-4-2)9-10(5-6-10)7-8-11/h3-7,9H2,1-2H3. The zero-order chi connectivity index (χ0) is 11.4. The average Bonchev–Trinajstić information content (AvgIpc) is 2.85. The van der Waals surface area contributed by atoms with E-state index in [1.165, 1.54) is 0 Å². The molecule has 0 aromatic rings. The van der Waals surface area contributed by atoms with E-state index in [-0.39, 0.29) is 5.41 Å². The third kappa shape index (κ3) is 3.61. The highest BCUT2D eigenvalue weighted by Crippen LogP contribution is 2.61. The van der Waals surface area contributed by atoms with Gasteiger partial charge in [0.2, 0.25) is 0 Å². The second-order valence-electron chi connectivity index (χ2n) is 3.94. The zero-order valence-electron chi connectivity index (χ0n) is 9.36. The molecule has 5 heteroatoms. The molecule has 86 valence electrons. The van der Waals surface area contributed by atoms with Gasteiger partial charge in [0.1, 0.15) is 0 Å². The summed E-state index contributed by atoms with van der Waals surface area (Å²) >= 11 is 0. The van der Waals surface area contributed by atoms with Crippen LogP contribution in [0.4, 0.5) is 0 Å². The third-order valence-electron chi connectivity index (χ3n) is 2.59. The zero-order valence-corrected chi connectivity index (χ0v) is 10.3. The topological polar surface area (TPSA) is 59.3 Å². The fourth-order valence-electron chi connectivity index (χ4n) is 1.67. The molecule has 15 heavy (non-hydrogen) atoms. The van der Waals surface area contributed by atoms with Gasteiger partial charge in [-0.3, -0.25) is 4.57 Å². The van der Waals surface area contributed by atoms with Crippen molar-refractivity contribution >= 4 is 7.60 Å². The van der Waals surface area contributed by atoms with Crippen LogP contribution in [0, 0.1) is 16.7 Å². The molecule has 0 aromatic heterocycles.